The zero-order chi connectivity index (χ0) is 21.2. The van der Waals surface area contributed by atoms with Crippen LogP contribution >= 0.6 is 0 Å². The number of nitrogens with one attached hydrogen (secondary N) is 1. The molecule has 1 aliphatic rings. The summed E-state index contributed by atoms with van der Waals surface area (Å²) < 4.78 is 30.9. The number of carbonyl (C=O) groups is 4. The van der Waals surface area contributed by atoms with Crippen molar-refractivity contribution in [3.05, 3.63) is 71.3 Å². The Bertz CT molecular complexity index is 996. The van der Waals surface area contributed by atoms with Gasteiger partial charge in [0, 0.05) is 5.56 Å². The van der Waals surface area contributed by atoms with Gasteiger partial charge in [0.05, 0.1) is 0 Å². The lowest BCUT2D eigenvalue weighted by Crippen LogP contribution is -2.41. The van der Waals surface area contributed by atoms with Crippen molar-refractivity contribution in [1.82, 2.24) is 10.2 Å². The third-order valence-corrected chi connectivity index (χ3v) is 4.52. The van der Waals surface area contributed by atoms with Gasteiger partial charge in [-0.25, -0.2) is 13.6 Å². The minimum atomic E-state index is -1.33. The molecule has 1 heterocycles. The number of amides is 3. The van der Waals surface area contributed by atoms with Crippen LogP contribution in [0.5, 0.6) is 0 Å². The molecular formula is C20H16F2N2O5. The van der Waals surface area contributed by atoms with Gasteiger partial charge in [-0.15, -0.1) is 0 Å². The van der Waals surface area contributed by atoms with E-state index in [1.165, 1.54) is 6.92 Å². The molecule has 1 N–H and O–H groups in total. The second kappa shape index (κ2) is 7.78. The van der Waals surface area contributed by atoms with E-state index in [4.69, 9.17) is 4.74 Å². The summed E-state index contributed by atoms with van der Waals surface area (Å²) in [5.41, 5.74) is -0.967. The molecular weight excluding hydrogens is 386 g/mol. The lowest BCUT2D eigenvalue weighted by Gasteiger charge is -2.21. The van der Waals surface area contributed by atoms with E-state index in [0.717, 1.165) is 12.1 Å². The van der Waals surface area contributed by atoms with Gasteiger partial charge < -0.3 is 10.1 Å². The van der Waals surface area contributed by atoms with Gasteiger partial charge >= 0.3 is 12.0 Å². The number of hydrogen-bond acceptors (Lipinski definition) is 5. The van der Waals surface area contributed by atoms with Crippen LogP contribution in [-0.2, 0) is 19.9 Å². The van der Waals surface area contributed by atoms with Gasteiger partial charge in [-0.05, 0) is 30.7 Å². The van der Waals surface area contributed by atoms with Crippen LogP contribution < -0.4 is 5.32 Å². The second-order valence-corrected chi connectivity index (χ2v) is 6.53. The van der Waals surface area contributed by atoms with Crippen LogP contribution in [0.3, 0.4) is 0 Å². The lowest BCUT2D eigenvalue weighted by molar-refractivity contribution is -0.146. The van der Waals surface area contributed by atoms with Crippen LogP contribution in [0, 0.1) is 11.6 Å². The fourth-order valence-electron chi connectivity index (χ4n) is 2.88. The molecule has 0 aromatic heterocycles. The highest BCUT2D eigenvalue weighted by molar-refractivity contribution is 6.09. The first kappa shape index (κ1) is 20.1. The van der Waals surface area contributed by atoms with Crippen LogP contribution in [0.25, 0.3) is 0 Å². The van der Waals surface area contributed by atoms with E-state index in [2.05, 4.69) is 5.32 Å². The summed E-state index contributed by atoms with van der Waals surface area (Å²) in [7, 11) is 0. The molecule has 1 atom stereocenters. The SMILES string of the molecule is C[C@]1(c2ccccc2)NC(=O)N(CC(=O)OCC(=O)c2ccc(F)c(F)c2)C1=O. The number of ketones is 1. The Hall–Kier alpha value is -3.62. The zero-order valence-electron chi connectivity index (χ0n) is 15.3. The second-order valence-electron chi connectivity index (χ2n) is 6.53. The van der Waals surface area contributed by atoms with Gasteiger partial charge in [-0.1, -0.05) is 30.3 Å². The molecule has 0 bridgehead atoms. The minimum Gasteiger partial charge on any atom is -0.456 e. The van der Waals surface area contributed by atoms with Crippen molar-refractivity contribution in [2.24, 2.45) is 0 Å². The summed E-state index contributed by atoms with van der Waals surface area (Å²) in [6.07, 6.45) is 0. The Morgan fingerprint density at radius 2 is 1.76 bits per heavy atom. The molecule has 0 saturated carbocycles. The Kier molecular flexibility index (Phi) is 5.40. The van der Waals surface area contributed by atoms with Crippen LogP contribution in [0.2, 0.25) is 0 Å². The Labute approximate surface area is 164 Å². The molecule has 0 radical (unpaired) electrons. The number of halogens is 2. The highest BCUT2D eigenvalue weighted by atomic mass is 19.2. The standard InChI is InChI=1S/C20H16F2N2O5/c1-20(13-5-3-2-4-6-13)18(27)24(19(28)23-20)10-17(26)29-11-16(25)12-7-8-14(21)15(22)9-12/h2-9H,10-11H2,1H3,(H,23,28)/t20-/m1/s1. The van der Waals surface area contributed by atoms with Crippen molar-refractivity contribution >= 4 is 23.7 Å². The van der Waals surface area contributed by atoms with E-state index in [9.17, 15) is 28.0 Å². The van der Waals surface area contributed by atoms with E-state index < -0.39 is 54.0 Å². The number of esters is 1. The van der Waals surface area contributed by atoms with E-state index in [-0.39, 0.29) is 5.56 Å². The first-order valence-corrected chi connectivity index (χ1v) is 8.56. The Morgan fingerprint density at radius 1 is 1.07 bits per heavy atom. The number of imide groups is 1. The third kappa shape index (κ3) is 3.98. The van der Waals surface area contributed by atoms with Crippen LogP contribution in [0.4, 0.5) is 13.6 Å². The Balaban J connectivity index is 1.62. The highest BCUT2D eigenvalue weighted by Crippen LogP contribution is 2.28. The van der Waals surface area contributed by atoms with Crippen molar-refractivity contribution in [3.63, 3.8) is 0 Å². The van der Waals surface area contributed by atoms with Crippen molar-refractivity contribution in [3.8, 4) is 0 Å². The van der Waals surface area contributed by atoms with Crippen LogP contribution in [0.1, 0.15) is 22.8 Å². The van der Waals surface area contributed by atoms with Crippen LogP contribution in [-0.4, -0.2) is 41.7 Å². The van der Waals surface area contributed by atoms with Gasteiger partial charge in [0.15, 0.2) is 24.0 Å². The van der Waals surface area contributed by atoms with Crippen molar-refractivity contribution < 1.29 is 32.7 Å². The van der Waals surface area contributed by atoms with Gasteiger partial charge in [0.2, 0.25) is 0 Å². The van der Waals surface area contributed by atoms with Gasteiger partial charge in [0.1, 0.15) is 12.1 Å². The normalized spacial score (nSPS) is 18.5. The molecule has 150 valence electrons. The predicted molar refractivity (Wildman–Crippen MR) is 95.7 cm³/mol. The fourth-order valence-corrected chi connectivity index (χ4v) is 2.88. The number of hydrogen-bond donors (Lipinski definition) is 1. The number of benzene rings is 2. The predicted octanol–water partition coefficient (Wildman–Crippen LogP) is 2.16. The summed E-state index contributed by atoms with van der Waals surface area (Å²) >= 11 is 0. The van der Waals surface area contributed by atoms with Crippen LogP contribution in [0.15, 0.2) is 48.5 Å². The van der Waals surface area contributed by atoms with Gasteiger partial charge in [0.25, 0.3) is 5.91 Å². The van der Waals surface area contributed by atoms with E-state index >= 15 is 0 Å². The summed E-state index contributed by atoms with van der Waals surface area (Å²) in [6.45, 7) is 0.0716. The topological polar surface area (TPSA) is 92.8 Å². The molecule has 3 amide bonds. The number of nitrogens with zero attached hydrogens (tertiary/aromatic N) is 1. The molecule has 0 unspecified atom stereocenters. The highest BCUT2D eigenvalue weighted by Gasteiger charge is 2.49. The van der Waals surface area contributed by atoms with Gasteiger partial charge in [-0.3, -0.25) is 19.3 Å². The molecule has 1 saturated heterocycles. The zero-order valence-corrected chi connectivity index (χ0v) is 15.3. The summed E-state index contributed by atoms with van der Waals surface area (Å²) in [6, 6.07) is 10.3. The Morgan fingerprint density at radius 3 is 2.41 bits per heavy atom. The van der Waals surface area contributed by atoms with E-state index in [1.807, 2.05) is 0 Å². The number of urea groups is 1. The summed E-state index contributed by atoms with van der Waals surface area (Å²) in [5, 5.41) is 2.54. The maximum Gasteiger partial charge on any atom is 0.326 e. The molecule has 1 fully saturated rings. The minimum absolute atomic E-state index is 0.177. The molecule has 0 spiro atoms. The molecule has 3 rings (SSSR count). The van der Waals surface area contributed by atoms with Gasteiger partial charge in [-0.2, -0.15) is 0 Å². The first-order valence-electron chi connectivity index (χ1n) is 8.56. The lowest BCUT2D eigenvalue weighted by atomic mass is 9.92. The molecule has 7 nitrogen and oxygen atoms in total. The average Bonchev–Trinajstić information content (AvgIpc) is 2.93. The maximum absolute atomic E-state index is 13.2. The fraction of sp³-hybridized carbons (Fsp3) is 0.200. The van der Waals surface area contributed by atoms with Crippen molar-refractivity contribution in [2.75, 3.05) is 13.2 Å². The van der Waals surface area contributed by atoms with Crippen molar-refractivity contribution in [2.45, 2.75) is 12.5 Å². The quantitative estimate of drug-likeness (QED) is 0.454. The largest absolute Gasteiger partial charge is 0.456 e. The molecule has 2 aromatic carbocycles. The molecule has 9 heteroatoms. The number of Topliss-reactive ketones (excluding diaryl/α,β-unsaturated/α-hetero) is 1. The third-order valence-electron chi connectivity index (χ3n) is 4.52. The summed E-state index contributed by atoms with van der Waals surface area (Å²) in [5.74, 6) is -4.72. The van der Waals surface area contributed by atoms with E-state index in [1.54, 1.807) is 30.3 Å². The van der Waals surface area contributed by atoms with E-state index in [0.29, 0.717) is 16.5 Å². The van der Waals surface area contributed by atoms with Crippen molar-refractivity contribution in [1.29, 1.82) is 0 Å². The monoisotopic (exact) mass is 402 g/mol. The molecule has 0 aliphatic carbocycles. The average molecular weight is 402 g/mol. The first-order chi connectivity index (χ1) is 13.7. The number of ether oxygens (including phenoxy) is 1. The number of rotatable bonds is 6. The molecule has 2 aromatic rings. The number of carbonyl (C=O) groups excluding carboxylic acids is 4. The maximum atomic E-state index is 13.2. The molecule has 29 heavy (non-hydrogen) atoms. The summed E-state index contributed by atoms with van der Waals surface area (Å²) in [4.78, 5) is 49.5. The molecule has 1 aliphatic heterocycles. The smallest absolute Gasteiger partial charge is 0.326 e.